The number of hydrogen-bond acceptors (Lipinski definition) is 5. The molecular weight excluding hydrogens is 366 g/mol. The molecule has 0 heterocycles. The van der Waals surface area contributed by atoms with E-state index in [0.717, 1.165) is 12.8 Å². The second-order valence-corrected chi connectivity index (χ2v) is 7.81. The van der Waals surface area contributed by atoms with E-state index in [1.807, 2.05) is 13.0 Å². The molecule has 0 saturated carbocycles. The van der Waals surface area contributed by atoms with Crippen LogP contribution in [0.3, 0.4) is 0 Å². The number of methoxy groups -OCH3 is 1. The summed E-state index contributed by atoms with van der Waals surface area (Å²) in [6.07, 6.45) is 2.31. The van der Waals surface area contributed by atoms with Crippen molar-refractivity contribution in [3.63, 3.8) is 0 Å². The zero-order valence-electron chi connectivity index (χ0n) is 15.6. The molecule has 1 atom stereocenters. The number of esters is 1. The maximum Gasteiger partial charge on any atom is 0.338 e. The summed E-state index contributed by atoms with van der Waals surface area (Å²) in [4.78, 5) is 12.3. The lowest BCUT2D eigenvalue weighted by Gasteiger charge is -2.19. The smallest absolute Gasteiger partial charge is 0.338 e. The number of rotatable bonds is 10. The molecule has 27 heavy (non-hydrogen) atoms. The zero-order valence-corrected chi connectivity index (χ0v) is 16.4. The van der Waals surface area contributed by atoms with Gasteiger partial charge in [-0.1, -0.05) is 38.0 Å². The van der Waals surface area contributed by atoms with E-state index in [1.54, 1.807) is 36.4 Å². The normalized spacial score (nSPS) is 12.4. The van der Waals surface area contributed by atoms with Crippen LogP contribution in [-0.2, 0) is 14.8 Å². The fourth-order valence-electron chi connectivity index (χ4n) is 2.50. The van der Waals surface area contributed by atoms with Crippen molar-refractivity contribution < 1.29 is 22.7 Å². The van der Waals surface area contributed by atoms with Gasteiger partial charge in [-0.25, -0.2) is 17.9 Å². The Labute approximate surface area is 160 Å². The van der Waals surface area contributed by atoms with Gasteiger partial charge < -0.3 is 9.47 Å². The van der Waals surface area contributed by atoms with Crippen molar-refractivity contribution in [3.05, 3.63) is 60.2 Å². The molecule has 0 aliphatic rings. The van der Waals surface area contributed by atoms with Crippen LogP contribution in [0.1, 0.15) is 36.5 Å². The van der Waals surface area contributed by atoms with Gasteiger partial charge in [-0.05, 0) is 42.8 Å². The molecule has 0 saturated heterocycles. The highest BCUT2D eigenvalue weighted by Crippen LogP contribution is 2.16. The molecule has 0 aliphatic carbocycles. The number of carbonyl (C=O) groups is 1. The van der Waals surface area contributed by atoms with Crippen molar-refractivity contribution in [2.45, 2.75) is 37.1 Å². The molecule has 146 valence electrons. The molecule has 6 nitrogen and oxygen atoms in total. The first kappa shape index (κ1) is 20.9. The summed E-state index contributed by atoms with van der Waals surface area (Å²) < 4.78 is 38.3. The molecule has 2 aromatic carbocycles. The SMILES string of the molecule is CCCCC(COC(=O)c1ccccc1)NS(=O)(=O)c1ccc(OC)cc1. The van der Waals surface area contributed by atoms with E-state index in [0.29, 0.717) is 17.7 Å². The fraction of sp³-hybridized carbons (Fsp3) is 0.350. The number of benzene rings is 2. The summed E-state index contributed by atoms with van der Waals surface area (Å²) >= 11 is 0. The molecule has 0 radical (unpaired) electrons. The van der Waals surface area contributed by atoms with Gasteiger partial charge in [-0.2, -0.15) is 0 Å². The van der Waals surface area contributed by atoms with Gasteiger partial charge in [0.25, 0.3) is 0 Å². The second-order valence-electron chi connectivity index (χ2n) is 6.10. The third-order valence-electron chi connectivity index (χ3n) is 4.02. The summed E-state index contributed by atoms with van der Waals surface area (Å²) in [5, 5.41) is 0. The highest BCUT2D eigenvalue weighted by molar-refractivity contribution is 7.89. The van der Waals surface area contributed by atoms with Crippen LogP contribution in [0.4, 0.5) is 0 Å². The van der Waals surface area contributed by atoms with Crippen LogP contribution in [0.15, 0.2) is 59.5 Å². The number of unbranched alkanes of at least 4 members (excludes halogenated alkanes) is 1. The number of nitrogens with one attached hydrogen (secondary N) is 1. The fourth-order valence-corrected chi connectivity index (χ4v) is 3.76. The molecule has 0 fully saturated rings. The Hall–Kier alpha value is -2.38. The minimum atomic E-state index is -3.72. The van der Waals surface area contributed by atoms with Crippen molar-refractivity contribution in [1.82, 2.24) is 4.72 Å². The van der Waals surface area contributed by atoms with Gasteiger partial charge in [0, 0.05) is 0 Å². The Morgan fingerprint density at radius 2 is 1.74 bits per heavy atom. The first-order chi connectivity index (χ1) is 13.0. The molecule has 0 spiro atoms. The van der Waals surface area contributed by atoms with E-state index < -0.39 is 22.0 Å². The van der Waals surface area contributed by atoms with E-state index >= 15 is 0 Å². The zero-order chi connectivity index (χ0) is 19.7. The first-order valence-corrected chi connectivity index (χ1v) is 10.3. The van der Waals surface area contributed by atoms with E-state index in [-0.39, 0.29) is 11.5 Å². The van der Waals surface area contributed by atoms with Crippen LogP contribution in [-0.4, -0.2) is 34.1 Å². The number of sulfonamides is 1. The molecule has 0 amide bonds. The van der Waals surface area contributed by atoms with Crippen LogP contribution < -0.4 is 9.46 Å². The van der Waals surface area contributed by atoms with Gasteiger partial charge in [-0.15, -0.1) is 0 Å². The standard InChI is InChI=1S/C20H25NO5S/c1-3-4-10-17(15-26-20(22)16-8-6-5-7-9-16)21-27(23,24)19-13-11-18(25-2)12-14-19/h5-9,11-14,17,21H,3-4,10,15H2,1-2H3. The van der Waals surface area contributed by atoms with Gasteiger partial charge in [0.05, 0.1) is 23.6 Å². The molecule has 2 aromatic rings. The van der Waals surface area contributed by atoms with Crippen LogP contribution in [0.2, 0.25) is 0 Å². The molecular formula is C20H25NO5S. The number of hydrogen-bond donors (Lipinski definition) is 1. The van der Waals surface area contributed by atoms with Gasteiger partial charge in [0.1, 0.15) is 12.4 Å². The van der Waals surface area contributed by atoms with Gasteiger partial charge in [0.2, 0.25) is 10.0 Å². The lowest BCUT2D eigenvalue weighted by atomic mass is 10.1. The summed E-state index contributed by atoms with van der Waals surface area (Å²) in [7, 11) is -2.21. The van der Waals surface area contributed by atoms with Crippen LogP contribution in [0, 0.1) is 0 Å². The molecule has 0 bridgehead atoms. The van der Waals surface area contributed by atoms with Crippen molar-refractivity contribution in [1.29, 1.82) is 0 Å². The van der Waals surface area contributed by atoms with E-state index in [4.69, 9.17) is 9.47 Å². The lowest BCUT2D eigenvalue weighted by molar-refractivity contribution is 0.0469. The minimum Gasteiger partial charge on any atom is -0.497 e. The van der Waals surface area contributed by atoms with E-state index in [1.165, 1.54) is 19.2 Å². The maximum atomic E-state index is 12.6. The third-order valence-corrected chi connectivity index (χ3v) is 5.56. The third kappa shape index (κ3) is 6.37. The molecule has 2 rings (SSSR count). The number of carbonyl (C=O) groups excluding carboxylic acids is 1. The van der Waals surface area contributed by atoms with Crippen LogP contribution in [0.5, 0.6) is 5.75 Å². The van der Waals surface area contributed by atoms with Crippen LogP contribution in [0.25, 0.3) is 0 Å². The summed E-state index contributed by atoms with van der Waals surface area (Å²) in [6, 6.07) is 14.3. The predicted molar refractivity (Wildman–Crippen MR) is 103 cm³/mol. The van der Waals surface area contributed by atoms with Crippen molar-refractivity contribution in [2.75, 3.05) is 13.7 Å². The summed E-state index contributed by atoms with van der Waals surface area (Å²) in [6.45, 7) is 1.99. The molecule has 1 N–H and O–H groups in total. The average Bonchev–Trinajstić information content (AvgIpc) is 2.70. The maximum absolute atomic E-state index is 12.6. The summed E-state index contributed by atoms with van der Waals surface area (Å²) in [5.41, 5.74) is 0.435. The molecule has 7 heteroatoms. The van der Waals surface area contributed by atoms with E-state index in [2.05, 4.69) is 4.72 Å². The quantitative estimate of drug-likeness (QED) is 0.628. The first-order valence-electron chi connectivity index (χ1n) is 8.85. The molecule has 0 aromatic heterocycles. The monoisotopic (exact) mass is 391 g/mol. The van der Waals surface area contributed by atoms with Crippen LogP contribution >= 0.6 is 0 Å². The number of ether oxygens (including phenoxy) is 2. The van der Waals surface area contributed by atoms with Gasteiger partial charge >= 0.3 is 5.97 Å². The van der Waals surface area contributed by atoms with Gasteiger partial charge in [-0.3, -0.25) is 0 Å². The largest absolute Gasteiger partial charge is 0.497 e. The van der Waals surface area contributed by atoms with E-state index in [9.17, 15) is 13.2 Å². The highest BCUT2D eigenvalue weighted by atomic mass is 32.2. The minimum absolute atomic E-state index is 0.0247. The Balaban J connectivity index is 2.04. The Kier molecular flexibility index (Phi) is 7.82. The Bertz CT molecular complexity index is 819. The summed E-state index contributed by atoms with van der Waals surface area (Å²) in [5.74, 6) is 0.106. The Morgan fingerprint density at radius 1 is 1.07 bits per heavy atom. The second kappa shape index (κ2) is 10.1. The molecule has 0 aliphatic heterocycles. The van der Waals surface area contributed by atoms with Gasteiger partial charge in [0.15, 0.2) is 0 Å². The molecule has 1 unspecified atom stereocenters. The average molecular weight is 391 g/mol. The lowest BCUT2D eigenvalue weighted by Crippen LogP contribution is -2.38. The predicted octanol–water partition coefficient (Wildman–Crippen LogP) is 3.39. The van der Waals surface area contributed by atoms with Crippen molar-refractivity contribution in [2.24, 2.45) is 0 Å². The Morgan fingerprint density at radius 3 is 2.33 bits per heavy atom. The topological polar surface area (TPSA) is 81.7 Å². The van der Waals surface area contributed by atoms with Crippen molar-refractivity contribution >= 4 is 16.0 Å². The highest BCUT2D eigenvalue weighted by Gasteiger charge is 2.21. The van der Waals surface area contributed by atoms with Crippen molar-refractivity contribution in [3.8, 4) is 5.75 Å².